The second-order valence-corrected chi connectivity index (χ2v) is 6.31. The van der Waals surface area contributed by atoms with Gasteiger partial charge in [0.25, 0.3) is 0 Å². The molecule has 1 saturated heterocycles. The van der Waals surface area contributed by atoms with Crippen LogP contribution in [0, 0.1) is 11.8 Å². The van der Waals surface area contributed by atoms with Crippen molar-refractivity contribution in [2.24, 2.45) is 11.8 Å². The number of nitrogens with zero attached hydrogens (tertiary/aromatic N) is 1. The Kier molecular flexibility index (Phi) is 3.23. The van der Waals surface area contributed by atoms with Gasteiger partial charge in [-0.2, -0.15) is 13.2 Å². The van der Waals surface area contributed by atoms with Gasteiger partial charge in [0.15, 0.2) is 0 Å². The van der Waals surface area contributed by atoms with E-state index in [9.17, 15) is 13.2 Å². The van der Waals surface area contributed by atoms with Crippen molar-refractivity contribution in [3.63, 3.8) is 0 Å². The van der Waals surface area contributed by atoms with Gasteiger partial charge in [0, 0.05) is 5.92 Å². The Balaban J connectivity index is 0.00000121. The van der Waals surface area contributed by atoms with Gasteiger partial charge in [-0.3, -0.25) is 0 Å². The largest absolute Gasteiger partial charge is 0.416 e. The molecule has 2 aromatic rings. The molecule has 3 atom stereocenters. The Hall–Kier alpha value is -0.850. The van der Waals surface area contributed by atoms with Crippen LogP contribution in [0.3, 0.4) is 0 Å². The fraction of sp³-hybridized carbons (Fsp3) is 0.462. The molecule has 1 aromatic heterocycles. The van der Waals surface area contributed by atoms with Gasteiger partial charge in [-0.25, -0.2) is 4.98 Å². The zero-order valence-electron chi connectivity index (χ0n) is 10.3. The summed E-state index contributed by atoms with van der Waals surface area (Å²) in [6.45, 7) is 2.03. The van der Waals surface area contributed by atoms with Crippen LogP contribution in [-0.2, 0) is 6.18 Å². The molecule has 2 fully saturated rings. The first-order valence-electron chi connectivity index (χ1n) is 6.22. The van der Waals surface area contributed by atoms with E-state index in [1.807, 2.05) is 0 Å². The zero-order chi connectivity index (χ0) is 13.2. The molecule has 2 nitrogen and oxygen atoms in total. The average Bonchev–Trinajstić information content (AvgIpc) is 2.78. The lowest BCUT2D eigenvalue weighted by atomic mass is 10.2. The number of hydrogen-bond donors (Lipinski definition) is 1. The van der Waals surface area contributed by atoms with Crippen molar-refractivity contribution in [3.05, 3.63) is 28.8 Å². The zero-order valence-corrected chi connectivity index (χ0v) is 11.9. The Morgan fingerprint density at radius 2 is 1.90 bits per heavy atom. The summed E-state index contributed by atoms with van der Waals surface area (Å²) in [5.74, 6) is 1.75. The molecule has 20 heavy (non-hydrogen) atoms. The summed E-state index contributed by atoms with van der Waals surface area (Å²) in [5, 5.41) is 4.32. The average molecular weight is 321 g/mol. The van der Waals surface area contributed by atoms with E-state index in [4.69, 9.17) is 0 Å². The van der Waals surface area contributed by atoms with Crippen LogP contribution in [0.25, 0.3) is 10.2 Å². The van der Waals surface area contributed by atoms with Crippen molar-refractivity contribution in [1.82, 2.24) is 10.3 Å². The van der Waals surface area contributed by atoms with Crippen LogP contribution < -0.4 is 5.32 Å². The van der Waals surface area contributed by atoms with Crippen LogP contribution in [0.2, 0.25) is 0 Å². The Bertz CT molecular complexity index is 645. The molecule has 1 aliphatic carbocycles. The maximum Gasteiger partial charge on any atom is 0.416 e. The minimum Gasteiger partial charge on any atom is -0.316 e. The van der Waals surface area contributed by atoms with Crippen LogP contribution in [0.1, 0.15) is 16.5 Å². The lowest BCUT2D eigenvalue weighted by molar-refractivity contribution is -0.137. The second-order valence-electron chi connectivity index (χ2n) is 5.24. The van der Waals surface area contributed by atoms with E-state index in [-0.39, 0.29) is 12.4 Å². The third-order valence-corrected chi connectivity index (χ3v) is 5.25. The SMILES string of the molecule is Cl.FC(F)(F)c1ccc2sc([C@H]3[C@@H]4CNC[C@@H]43)nc2c1. The van der Waals surface area contributed by atoms with E-state index in [2.05, 4.69) is 10.3 Å². The van der Waals surface area contributed by atoms with Crippen molar-refractivity contribution in [2.75, 3.05) is 13.1 Å². The first kappa shape index (κ1) is 14.1. The molecular weight excluding hydrogens is 309 g/mol. The highest BCUT2D eigenvalue weighted by molar-refractivity contribution is 7.18. The molecule has 0 bridgehead atoms. The van der Waals surface area contributed by atoms with Crippen LogP contribution in [0.5, 0.6) is 0 Å². The van der Waals surface area contributed by atoms with E-state index < -0.39 is 11.7 Å². The summed E-state index contributed by atoms with van der Waals surface area (Å²) < 4.78 is 38.8. The molecule has 0 spiro atoms. The van der Waals surface area contributed by atoms with Gasteiger partial charge in [0.05, 0.1) is 20.8 Å². The fourth-order valence-electron chi connectivity index (χ4n) is 3.05. The molecule has 2 aliphatic rings. The van der Waals surface area contributed by atoms with Gasteiger partial charge >= 0.3 is 6.18 Å². The summed E-state index contributed by atoms with van der Waals surface area (Å²) >= 11 is 1.54. The van der Waals surface area contributed by atoms with Crippen molar-refractivity contribution >= 4 is 34.0 Å². The van der Waals surface area contributed by atoms with Crippen molar-refractivity contribution in [1.29, 1.82) is 0 Å². The molecule has 1 saturated carbocycles. The number of alkyl halides is 3. The Morgan fingerprint density at radius 1 is 1.20 bits per heavy atom. The second kappa shape index (κ2) is 4.58. The summed E-state index contributed by atoms with van der Waals surface area (Å²) in [6.07, 6.45) is -4.29. The Labute approximate surface area is 123 Å². The van der Waals surface area contributed by atoms with Crippen LogP contribution in [0.4, 0.5) is 13.2 Å². The molecular formula is C13H12ClF3N2S. The van der Waals surface area contributed by atoms with Gasteiger partial charge in [-0.05, 0) is 43.1 Å². The normalized spacial score (nSPS) is 28.2. The maximum atomic E-state index is 12.6. The quantitative estimate of drug-likeness (QED) is 0.867. The third kappa shape index (κ3) is 2.10. The number of piperidine rings is 1. The van der Waals surface area contributed by atoms with E-state index in [1.165, 1.54) is 17.4 Å². The molecule has 1 N–H and O–H groups in total. The molecule has 0 amide bonds. The van der Waals surface area contributed by atoms with E-state index in [0.29, 0.717) is 23.3 Å². The summed E-state index contributed by atoms with van der Waals surface area (Å²) in [7, 11) is 0. The number of halogens is 4. The summed E-state index contributed by atoms with van der Waals surface area (Å²) in [6, 6.07) is 3.83. The minimum absolute atomic E-state index is 0. The van der Waals surface area contributed by atoms with Gasteiger partial charge in [-0.15, -0.1) is 23.7 Å². The molecule has 2 heterocycles. The molecule has 108 valence electrons. The van der Waals surface area contributed by atoms with Crippen molar-refractivity contribution in [3.8, 4) is 0 Å². The number of nitrogens with one attached hydrogen (secondary N) is 1. The van der Waals surface area contributed by atoms with Crippen LogP contribution in [-0.4, -0.2) is 18.1 Å². The number of hydrogen-bond acceptors (Lipinski definition) is 3. The summed E-state index contributed by atoms with van der Waals surface area (Å²) in [4.78, 5) is 4.42. The predicted molar refractivity (Wildman–Crippen MR) is 74.5 cm³/mol. The molecule has 1 aliphatic heterocycles. The molecule has 4 rings (SSSR count). The van der Waals surface area contributed by atoms with Crippen LogP contribution in [0.15, 0.2) is 18.2 Å². The number of thiazole rings is 1. The Morgan fingerprint density at radius 3 is 2.55 bits per heavy atom. The topological polar surface area (TPSA) is 24.9 Å². The molecule has 7 heteroatoms. The lowest BCUT2D eigenvalue weighted by Gasteiger charge is -2.04. The highest BCUT2D eigenvalue weighted by Gasteiger charge is 2.55. The molecule has 0 radical (unpaired) electrons. The lowest BCUT2D eigenvalue weighted by Crippen LogP contribution is -2.13. The van der Waals surface area contributed by atoms with E-state index in [0.717, 1.165) is 34.9 Å². The first-order valence-corrected chi connectivity index (χ1v) is 7.04. The highest BCUT2D eigenvalue weighted by Crippen LogP contribution is 2.57. The van der Waals surface area contributed by atoms with Gasteiger partial charge in [0.2, 0.25) is 0 Å². The first-order chi connectivity index (χ1) is 9.04. The predicted octanol–water partition coefficient (Wildman–Crippen LogP) is 3.67. The smallest absolute Gasteiger partial charge is 0.316 e. The number of aromatic nitrogens is 1. The summed E-state index contributed by atoms with van der Waals surface area (Å²) in [5.41, 5.74) is -0.137. The van der Waals surface area contributed by atoms with Crippen LogP contribution >= 0.6 is 23.7 Å². The number of fused-ring (bicyclic) bond motifs is 2. The number of benzene rings is 1. The molecule has 1 aromatic carbocycles. The number of rotatable bonds is 1. The standard InChI is InChI=1S/C13H11F3N2S.ClH/c14-13(15,16)6-1-2-10-9(3-6)18-12(19-10)11-7-4-17-5-8(7)11;/h1-3,7-8,11,17H,4-5H2;1H/t7-,8+,11+;. The molecule has 0 unspecified atom stereocenters. The maximum absolute atomic E-state index is 12.6. The van der Waals surface area contributed by atoms with Crippen molar-refractivity contribution < 1.29 is 13.2 Å². The van der Waals surface area contributed by atoms with Crippen molar-refractivity contribution in [2.45, 2.75) is 12.1 Å². The highest BCUT2D eigenvalue weighted by atomic mass is 35.5. The minimum atomic E-state index is -4.29. The van der Waals surface area contributed by atoms with Gasteiger partial charge in [0.1, 0.15) is 0 Å². The van der Waals surface area contributed by atoms with E-state index in [1.54, 1.807) is 0 Å². The van der Waals surface area contributed by atoms with E-state index >= 15 is 0 Å². The fourth-order valence-corrected chi connectivity index (χ4v) is 4.25. The van der Waals surface area contributed by atoms with Gasteiger partial charge < -0.3 is 5.32 Å². The third-order valence-electron chi connectivity index (χ3n) is 4.11. The monoisotopic (exact) mass is 320 g/mol. The van der Waals surface area contributed by atoms with Gasteiger partial charge in [-0.1, -0.05) is 0 Å².